The minimum Gasteiger partial charge on any atom is -0.375 e. The number of hydrogen-bond acceptors (Lipinski definition) is 3. The lowest BCUT2D eigenvalue weighted by atomic mass is 10.00. The van der Waals surface area contributed by atoms with Gasteiger partial charge >= 0.3 is 0 Å². The minimum atomic E-state index is -2.75. The van der Waals surface area contributed by atoms with Gasteiger partial charge in [0, 0.05) is 43.5 Å². The molecule has 0 aliphatic carbocycles. The summed E-state index contributed by atoms with van der Waals surface area (Å²) >= 11 is 0. The van der Waals surface area contributed by atoms with E-state index in [2.05, 4.69) is 68.8 Å². The van der Waals surface area contributed by atoms with Crippen LogP contribution in [-0.2, 0) is 6.42 Å². The van der Waals surface area contributed by atoms with Gasteiger partial charge in [0.15, 0.2) is 0 Å². The molecular weight excluding hydrogens is 464 g/mol. The van der Waals surface area contributed by atoms with E-state index in [4.69, 9.17) is 0 Å². The number of nitrogens with one attached hydrogen (secondary N) is 1. The monoisotopic (exact) mass is 509 g/mol. The third kappa shape index (κ3) is 12.5. The van der Waals surface area contributed by atoms with Gasteiger partial charge in [-0.15, -0.1) is 0 Å². The van der Waals surface area contributed by atoms with Crippen LogP contribution in [0.2, 0.25) is 0 Å². The van der Waals surface area contributed by atoms with Gasteiger partial charge in [0.25, 0.3) is 0 Å². The fourth-order valence-corrected chi connectivity index (χ4v) is 3.77. The molecule has 0 atom stereocenters. The highest BCUT2D eigenvalue weighted by atomic mass is 19.3. The van der Waals surface area contributed by atoms with E-state index in [9.17, 15) is 8.78 Å². The van der Waals surface area contributed by atoms with Crippen molar-refractivity contribution in [1.29, 1.82) is 0 Å². The predicted molar refractivity (Wildman–Crippen MR) is 158 cm³/mol. The molecule has 0 aliphatic heterocycles. The average molecular weight is 510 g/mol. The third-order valence-corrected chi connectivity index (χ3v) is 5.83. The first-order valence-corrected chi connectivity index (χ1v) is 13.0. The Morgan fingerprint density at radius 3 is 2.46 bits per heavy atom. The average Bonchev–Trinajstić information content (AvgIpc) is 2.81. The summed E-state index contributed by atoms with van der Waals surface area (Å²) in [6.45, 7) is 22.4. The third-order valence-electron chi connectivity index (χ3n) is 5.83. The van der Waals surface area contributed by atoms with Gasteiger partial charge in [-0.05, 0) is 68.0 Å². The van der Waals surface area contributed by atoms with Gasteiger partial charge < -0.3 is 10.2 Å². The maximum Gasteiger partial charge on any atom is 0.249 e. The summed E-state index contributed by atoms with van der Waals surface area (Å²) in [5.41, 5.74) is 6.28. The van der Waals surface area contributed by atoms with Crippen molar-refractivity contribution in [2.75, 3.05) is 13.6 Å². The molecule has 0 bridgehead atoms. The van der Waals surface area contributed by atoms with Crippen molar-refractivity contribution in [3.8, 4) is 0 Å². The van der Waals surface area contributed by atoms with Crippen LogP contribution in [0.5, 0.6) is 0 Å². The first kappa shape index (κ1) is 31.8. The standard InChI is InChI=1S/C32H45F2N3/c1-10-13-20-37(9)30(25(5)21-27(7)36-31(15-11-2)35-26(6)12-3)19-18-24(4)29-17-14-16-28(22-29)23-32(8,33)34/h11,14-19,22,36H,2,4,7,10,12-13,20-21,23H2,1,3,5-6,8-9H3/b19-18-,30-25-,31-15+,35-26?. The summed E-state index contributed by atoms with van der Waals surface area (Å²) in [4.78, 5) is 6.85. The zero-order valence-corrected chi connectivity index (χ0v) is 23.6. The molecule has 0 spiro atoms. The summed E-state index contributed by atoms with van der Waals surface area (Å²) in [6, 6.07) is 7.22. The van der Waals surface area contributed by atoms with Crippen molar-refractivity contribution in [1.82, 2.24) is 10.2 Å². The number of alkyl halides is 2. The largest absolute Gasteiger partial charge is 0.375 e. The van der Waals surface area contributed by atoms with E-state index in [-0.39, 0.29) is 6.42 Å². The van der Waals surface area contributed by atoms with Crippen LogP contribution in [0.1, 0.15) is 71.4 Å². The second kappa shape index (κ2) is 15.8. The molecule has 1 N–H and O–H groups in total. The van der Waals surface area contributed by atoms with E-state index in [0.29, 0.717) is 12.0 Å². The maximum absolute atomic E-state index is 13.5. The van der Waals surface area contributed by atoms with Crippen LogP contribution in [0.4, 0.5) is 8.78 Å². The molecule has 0 saturated heterocycles. The van der Waals surface area contributed by atoms with E-state index in [1.54, 1.807) is 24.3 Å². The highest BCUT2D eigenvalue weighted by Gasteiger charge is 2.21. The second-order valence-corrected chi connectivity index (χ2v) is 9.64. The predicted octanol–water partition coefficient (Wildman–Crippen LogP) is 8.85. The van der Waals surface area contributed by atoms with Gasteiger partial charge in [-0.25, -0.2) is 13.8 Å². The van der Waals surface area contributed by atoms with Crippen LogP contribution in [0.25, 0.3) is 5.57 Å². The van der Waals surface area contributed by atoms with Crippen molar-refractivity contribution in [3.63, 3.8) is 0 Å². The highest BCUT2D eigenvalue weighted by molar-refractivity contribution is 5.82. The molecule has 3 nitrogen and oxygen atoms in total. The van der Waals surface area contributed by atoms with Crippen molar-refractivity contribution in [2.45, 2.75) is 72.6 Å². The number of allylic oxidation sites excluding steroid dienone is 6. The molecule has 0 radical (unpaired) electrons. The van der Waals surface area contributed by atoms with Gasteiger partial charge in [-0.2, -0.15) is 0 Å². The molecule has 0 heterocycles. The van der Waals surface area contributed by atoms with E-state index in [1.165, 1.54) is 0 Å². The molecule has 0 fully saturated rings. The molecule has 1 aromatic rings. The minimum absolute atomic E-state index is 0.291. The SMILES string of the molecule is C=C/C=C(\N=C(C)CC)NC(=C)C/C(C)=C(/C=C\C(=C)c1cccc(CC(C)(F)F)c1)N(C)CCCC. The fourth-order valence-electron chi connectivity index (χ4n) is 3.77. The Morgan fingerprint density at radius 2 is 1.86 bits per heavy atom. The second-order valence-electron chi connectivity index (χ2n) is 9.64. The van der Waals surface area contributed by atoms with E-state index < -0.39 is 5.92 Å². The number of rotatable bonds is 16. The Labute approximate surface area is 223 Å². The number of aliphatic imine (C=N–C) groups is 1. The number of hydrogen-bond donors (Lipinski definition) is 1. The van der Waals surface area contributed by atoms with Crippen LogP contribution >= 0.6 is 0 Å². The topological polar surface area (TPSA) is 27.6 Å². The molecule has 0 aliphatic rings. The normalized spacial score (nSPS) is 13.4. The molecule has 37 heavy (non-hydrogen) atoms. The van der Waals surface area contributed by atoms with Crippen molar-refractivity contribution in [3.05, 3.63) is 102 Å². The van der Waals surface area contributed by atoms with Gasteiger partial charge in [-0.1, -0.05) is 76.4 Å². The van der Waals surface area contributed by atoms with Crippen molar-refractivity contribution < 1.29 is 8.78 Å². The molecule has 0 saturated carbocycles. The zero-order valence-electron chi connectivity index (χ0n) is 23.6. The van der Waals surface area contributed by atoms with Crippen LogP contribution in [0, 0.1) is 0 Å². The number of benzene rings is 1. The first-order chi connectivity index (χ1) is 17.4. The molecule has 5 heteroatoms. The van der Waals surface area contributed by atoms with Gasteiger partial charge in [0.1, 0.15) is 5.82 Å². The molecule has 0 amide bonds. The van der Waals surface area contributed by atoms with Gasteiger partial charge in [0.05, 0.1) is 0 Å². The summed E-state index contributed by atoms with van der Waals surface area (Å²) in [6.07, 6.45) is 10.9. The lowest BCUT2D eigenvalue weighted by molar-refractivity contribution is 0.0226. The number of nitrogens with zero attached hydrogens (tertiary/aromatic N) is 2. The van der Waals surface area contributed by atoms with Crippen LogP contribution in [0.15, 0.2) is 96.1 Å². The van der Waals surface area contributed by atoms with Gasteiger partial charge in [-0.3, -0.25) is 0 Å². The smallest absolute Gasteiger partial charge is 0.249 e. The maximum atomic E-state index is 13.5. The number of likely N-dealkylation sites (N-methyl/N-ethyl adjacent to an activating group) is 1. The molecule has 0 unspecified atom stereocenters. The lowest BCUT2D eigenvalue weighted by Gasteiger charge is -2.24. The van der Waals surface area contributed by atoms with Crippen LogP contribution in [-0.4, -0.2) is 30.1 Å². The Hall–Kier alpha value is -3.21. The Morgan fingerprint density at radius 1 is 1.16 bits per heavy atom. The lowest BCUT2D eigenvalue weighted by Crippen LogP contribution is -2.20. The van der Waals surface area contributed by atoms with E-state index in [0.717, 1.165) is 72.4 Å². The summed E-state index contributed by atoms with van der Waals surface area (Å²) in [5, 5.41) is 3.32. The van der Waals surface area contributed by atoms with Crippen LogP contribution < -0.4 is 5.32 Å². The number of halogens is 2. The molecule has 1 aromatic carbocycles. The first-order valence-electron chi connectivity index (χ1n) is 13.0. The summed E-state index contributed by atoms with van der Waals surface area (Å²) in [7, 11) is 2.08. The zero-order chi connectivity index (χ0) is 28.0. The molecule has 0 aromatic heterocycles. The summed E-state index contributed by atoms with van der Waals surface area (Å²) < 4.78 is 27.0. The van der Waals surface area contributed by atoms with E-state index in [1.807, 2.05) is 25.1 Å². The van der Waals surface area contributed by atoms with Crippen LogP contribution in [0.3, 0.4) is 0 Å². The van der Waals surface area contributed by atoms with Crippen molar-refractivity contribution in [2.24, 2.45) is 4.99 Å². The fraction of sp³-hybridized carbons (Fsp3) is 0.406. The van der Waals surface area contributed by atoms with Crippen molar-refractivity contribution >= 4 is 11.3 Å². The van der Waals surface area contributed by atoms with Gasteiger partial charge in [0.2, 0.25) is 5.92 Å². The molecule has 1 rings (SSSR count). The number of unbranched alkanes of at least 4 members (excludes halogenated alkanes) is 1. The molecule has 202 valence electrons. The molecular formula is C32H45F2N3. The Balaban J connectivity index is 3.18. The highest BCUT2D eigenvalue weighted by Crippen LogP contribution is 2.24. The Kier molecular flexibility index (Phi) is 13.6. The Bertz CT molecular complexity index is 1050. The summed E-state index contributed by atoms with van der Waals surface area (Å²) in [5.74, 6) is -2.03. The van der Waals surface area contributed by atoms with E-state index >= 15 is 0 Å². The quantitative estimate of drug-likeness (QED) is 0.178.